The van der Waals surface area contributed by atoms with Crippen molar-refractivity contribution in [3.63, 3.8) is 0 Å². The van der Waals surface area contributed by atoms with E-state index in [4.69, 9.17) is 0 Å². The second kappa shape index (κ2) is 4.74. The van der Waals surface area contributed by atoms with Gasteiger partial charge in [0.15, 0.2) is 0 Å². The van der Waals surface area contributed by atoms with E-state index < -0.39 is 10.8 Å². The van der Waals surface area contributed by atoms with Crippen LogP contribution in [0.2, 0.25) is 0 Å². The van der Waals surface area contributed by atoms with Gasteiger partial charge in [0.25, 0.3) is 0 Å². The largest absolute Gasteiger partial charge is 0.300 e. The maximum absolute atomic E-state index is 11.5. The molecule has 0 aliphatic carbocycles. The van der Waals surface area contributed by atoms with E-state index >= 15 is 0 Å². The number of fused-ring (bicyclic) bond motifs is 2. The SMILES string of the molecule is CS(=O)CCN1C2CCCC1CC(=O)C2. The van der Waals surface area contributed by atoms with Crippen molar-refractivity contribution in [3.05, 3.63) is 0 Å². The molecule has 2 rings (SSSR count). The minimum atomic E-state index is -0.710. The van der Waals surface area contributed by atoms with E-state index in [0.717, 1.165) is 38.0 Å². The highest BCUT2D eigenvalue weighted by Gasteiger charge is 2.36. The van der Waals surface area contributed by atoms with E-state index in [-0.39, 0.29) is 0 Å². The average Bonchev–Trinajstić information content (AvgIpc) is 2.14. The lowest BCUT2D eigenvalue weighted by Gasteiger charge is -2.45. The third-order valence-corrected chi connectivity index (χ3v) is 4.33. The number of carbonyl (C=O) groups is 1. The number of hydrogen-bond acceptors (Lipinski definition) is 3. The summed E-state index contributed by atoms with van der Waals surface area (Å²) in [5.41, 5.74) is 0. The second-order valence-electron chi connectivity index (χ2n) is 4.70. The molecule has 0 radical (unpaired) electrons. The number of carbonyl (C=O) groups excluding carboxylic acids is 1. The van der Waals surface area contributed by atoms with E-state index in [1.54, 1.807) is 6.26 Å². The molecule has 3 nitrogen and oxygen atoms in total. The molecule has 0 amide bonds. The highest BCUT2D eigenvalue weighted by molar-refractivity contribution is 7.84. The van der Waals surface area contributed by atoms with Gasteiger partial charge in [0.1, 0.15) is 5.78 Å². The molecule has 2 heterocycles. The number of nitrogens with zero attached hydrogens (tertiary/aromatic N) is 1. The maximum Gasteiger partial charge on any atom is 0.136 e. The van der Waals surface area contributed by atoms with Gasteiger partial charge in [-0.1, -0.05) is 6.42 Å². The lowest BCUT2D eigenvalue weighted by Crippen LogP contribution is -2.53. The Morgan fingerprint density at radius 2 is 1.93 bits per heavy atom. The molecule has 3 atom stereocenters. The maximum atomic E-state index is 11.5. The number of hydrogen-bond donors (Lipinski definition) is 0. The van der Waals surface area contributed by atoms with Gasteiger partial charge in [-0.05, 0) is 12.8 Å². The van der Waals surface area contributed by atoms with Crippen LogP contribution in [0, 0.1) is 0 Å². The normalized spacial score (nSPS) is 34.1. The lowest BCUT2D eigenvalue weighted by atomic mass is 9.84. The lowest BCUT2D eigenvalue weighted by molar-refractivity contribution is -0.126. The van der Waals surface area contributed by atoms with Crippen LogP contribution in [0.5, 0.6) is 0 Å². The third kappa shape index (κ3) is 2.67. The van der Waals surface area contributed by atoms with Crippen molar-refractivity contribution in [2.45, 2.75) is 44.2 Å². The average molecular weight is 229 g/mol. The Balaban J connectivity index is 1.97. The van der Waals surface area contributed by atoms with Gasteiger partial charge >= 0.3 is 0 Å². The van der Waals surface area contributed by atoms with Crippen molar-refractivity contribution in [2.24, 2.45) is 0 Å². The van der Waals surface area contributed by atoms with Gasteiger partial charge < -0.3 is 0 Å². The first-order valence-electron chi connectivity index (χ1n) is 5.74. The Labute approximate surface area is 93.7 Å². The number of Topliss-reactive ketones (excluding diaryl/α,β-unsaturated/α-hetero) is 1. The molecule has 0 spiro atoms. The van der Waals surface area contributed by atoms with Gasteiger partial charge in [-0.15, -0.1) is 0 Å². The molecule has 0 aromatic heterocycles. The van der Waals surface area contributed by atoms with Crippen molar-refractivity contribution < 1.29 is 9.00 Å². The molecule has 2 bridgehead atoms. The molecule has 2 aliphatic rings. The zero-order chi connectivity index (χ0) is 10.8. The van der Waals surface area contributed by atoms with Crippen molar-refractivity contribution >= 4 is 16.6 Å². The van der Waals surface area contributed by atoms with Gasteiger partial charge in [-0.25, -0.2) is 0 Å². The Morgan fingerprint density at radius 1 is 1.33 bits per heavy atom. The molecule has 15 heavy (non-hydrogen) atoms. The van der Waals surface area contributed by atoms with Crippen molar-refractivity contribution in [1.29, 1.82) is 0 Å². The Bertz CT molecular complexity index is 264. The molecule has 0 N–H and O–H groups in total. The van der Waals surface area contributed by atoms with Gasteiger partial charge in [0.2, 0.25) is 0 Å². The minimum absolute atomic E-state index is 0.429. The van der Waals surface area contributed by atoms with Crippen LogP contribution in [0.25, 0.3) is 0 Å². The first kappa shape index (κ1) is 11.3. The Kier molecular flexibility index (Phi) is 3.57. The fourth-order valence-corrected chi connectivity index (χ4v) is 3.33. The van der Waals surface area contributed by atoms with Crippen LogP contribution in [-0.4, -0.2) is 45.5 Å². The number of ketones is 1. The van der Waals surface area contributed by atoms with Crippen LogP contribution in [0.1, 0.15) is 32.1 Å². The fourth-order valence-electron chi connectivity index (χ4n) is 2.87. The molecule has 3 unspecified atom stereocenters. The third-order valence-electron chi connectivity index (χ3n) is 3.58. The van der Waals surface area contributed by atoms with Crippen LogP contribution in [0.4, 0.5) is 0 Å². The molecule has 2 aliphatic heterocycles. The number of rotatable bonds is 3. The van der Waals surface area contributed by atoms with Gasteiger partial charge in [0, 0.05) is 54.3 Å². The quantitative estimate of drug-likeness (QED) is 0.723. The molecule has 86 valence electrons. The Morgan fingerprint density at radius 3 is 2.47 bits per heavy atom. The van der Waals surface area contributed by atoms with Crippen LogP contribution < -0.4 is 0 Å². The van der Waals surface area contributed by atoms with Crippen molar-refractivity contribution in [2.75, 3.05) is 18.6 Å². The molecular weight excluding hydrogens is 210 g/mol. The van der Waals surface area contributed by atoms with Crippen molar-refractivity contribution in [1.82, 2.24) is 4.90 Å². The summed E-state index contributed by atoms with van der Waals surface area (Å²) in [6.07, 6.45) is 6.77. The molecule has 0 aromatic carbocycles. The molecule has 0 saturated carbocycles. The predicted octanol–water partition coefficient (Wildman–Crippen LogP) is 0.951. The van der Waals surface area contributed by atoms with Crippen LogP contribution in [-0.2, 0) is 15.6 Å². The van der Waals surface area contributed by atoms with Crippen LogP contribution in [0.15, 0.2) is 0 Å². The van der Waals surface area contributed by atoms with Gasteiger partial charge in [-0.2, -0.15) is 0 Å². The first-order valence-corrected chi connectivity index (χ1v) is 7.47. The zero-order valence-corrected chi connectivity index (χ0v) is 10.1. The summed E-state index contributed by atoms with van der Waals surface area (Å²) >= 11 is 0. The summed E-state index contributed by atoms with van der Waals surface area (Å²) in [6.45, 7) is 0.908. The summed E-state index contributed by atoms with van der Waals surface area (Å²) in [4.78, 5) is 13.9. The highest BCUT2D eigenvalue weighted by Crippen LogP contribution is 2.31. The van der Waals surface area contributed by atoms with Crippen LogP contribution in [0.3, 0.4) is 0 Å². The molecule has 4 heteroatoms. The Hall–Kier alpha value is -0.220. The van der Waals surface area contributed by atoms with E-state index in [0.29, 0.717) is 17.9 Å². The summed E-state index contributed by atoms with van der Waals surface area (Å²) in [5.74, 6) is 1.18. The standard InChI is InChI=1S/C11H19NO2S/c1-15(14)6-5-12-9-3-2-4-10(12)8-11(13)7-9/h9-10H,2-8H2,1H3. The van der Waals surface area contributed by atoms with Gasteiger partial charge in [0.05, 0.1) is 0 Å². The van der Waals surface area contributed by atoms with Crippen molar-refractivity contribution in [3.8, 4) is 0 Å². The predicted molar refractivity (Wildman–Crippen MR) is 61.3 cm³/mol. The molecule has 0 aromatic rings. The van der Waals surface area contributed by atoms with E-state index in [2.05, 4.69) is 4.90 Å². The van der Waals surface area contributed by atoms with E-state index in [9.17, 15) is 9.00 Å². The molecule has 2 saturated heterocycles. The summed E-state index contributed by atoms with van der Waals surface area (Å²) in [7, 11) is -0.710. The number of piperidine rings is 2. The van der Waals surface area contributed by atoms with E-state index in [1.807, 2.05) is 0 Å². The smallest absolute Gasteiger partial charge is 0.136 e. The molecular formula is C11H19NO2S. The molecule has 2 fully saturated rings. The highest BCUT2D eigenvalue weighted by atomic mass is 32.2. The fraction of sp³-hybridized carbons (Fsp3) is 0.909. The topological polar surface area (TPSA) is 37.4 Å². The zero-order valence-electron chi connectivity index (χ0n) is 9.28. The summed E-state index contributed by atoms with van der Waals surface area (Å²) in [5, 5.41) is 0. The monoisotopic (exact) mass is 229 g/mol. The summed E-state index contributed by atoms with van der Waals surface area (Å²) < 4.78 is 11.1. The minimum Gasteiger partial charge on any atom is -0.300 e. The second-order valence-corrected chi connectivity index (χ2v) is 6.26. The van der Waals surface area contributed by atoms with Crippen LogP contribution >= 0.6 is 0 Å². The summed E-state index contributed by atoms with van der Waals surface area (Å²) in [6, 6.07) is 0.905. The van der Waals surface area contributed by atoms with Gasteiger partial charge in [-0.3, -0.25) is 13.9 Å². The van der Waals surface area contributed by atoms with E-state index in [1.165, 1.54) is 6.42 Å². The first-order chi connectivity index (χ1) is 7.16.